The Balaban J connectivity index is 1.75. The van der Waals surface area contributed by atoms with Crippen LogP contribution in [-0.4, -0.2) is 62.8 Å². The molecule has 0 atom stereocenters. The monoisotopic (exact) mass is 332 g/mol. The van der Waals surface area contributed by atoms with Gasteiger partial charge in [0.25, 0.3) is 0 Å². The van der Waals surface area contributed by atoms with Crippen LogP contribution < -0.4 is 10.6 Å². The van der Waals surface area contributed by atoms with Gasteiger partial charge in [0.05, 0.1) is 13.2 Å². The molecule has 1 aliphatic heterocycles. The van der Waals surface area contributed by atoms with E-state index in [1.165, 1.54) is 11.1 Å². The van der Waals surface area contributed by atoms with Gasteiger partial charge >= 0.3 is 0 Å². The van der Waals surface area contributed by atoms with Crippen LogP contribution in [0.15, 0.2) is 29.3 Å². The summed E-state index contributed by atoms with van der Waals surface area (Å²) in [4.78, 5) is 6.81. The molecule has 0 saturated carbocycles. The lowest BCUT2D eigenvalue weighted by molar-refractivity contribution is -0.00833. The number of aliphatic imine (C=N–C) groups is 1. The minimum Gasteiger partial charge on any atom is -0.379 e. The van der Waals surface area contributed by atoms with Crippen LogP contribution >= 0.6 is 0 Å². The molecule has 1 aromatic carbocycles. The molecular formula is C19H32N4O. The van der Waals surface area contributed by atoms with Crippen LogP contribution in [-0.2, 0) is 11.2 Å². The number of hydrogen-bond donors (Lipinski definition) is 2. The fraction of sp³-hybridized carbons (Fsp3) is 0.632. The Bertz CT molecular complexity index is 536. The summed E-state index contributed by atoms with van der Waals surface area (Å²) in [7, 11) is 1.82. The predicted octanol–water partition coefficient (Wildman–Crippen LogP) is 1.81. The molecule has 0 unspecified atom stereocenters. The smallest absolute Gasteiger partial charge is 0.191 e. The lowest BCUT2D eigenvalue weighted by atomic mass is 10.0. The predicted molar refractivity (Wildman–Crippen MR) is 101 cm³/mol. The van der Waals surface area contributed by atoms with E-state index in [4.69, 9.17) is 4.74 Å². The number of guanidine groups is 1. The van der Waals surface area contributed by atoms with Gasteiger partial charge in [-0.15, -0.1) is 0 Å². The molecule has 1 aliphatic rings. The number of morpholine rings is 1. The van der Waals surface area contributed by atoms with Crippen LogP contribution in [0.25, 0.3) is 0 Å². The van der Waals surface area contributed by atoms with E-state index in [2.05, 4.69) is 65.6 Å². The first-order valence-corrected chi connectivity index (χ1v) is 8.84. The van der Waals surface area contributed by atoms with Crippen LogP contribution in [0.3, 0.4) is 0 Å². The molecule has 0 aromatic heterocycles. The van der Waals surface area contributed by atoms with Crippen LogP contribution in [0.5, 0.6) is 0 Å². The van der Waals surface area contributed by atoms with E-state index in [0.29, 0.717) is 0 Å². The van der Waals surface area contributed by atoms with Crippen molar-refractivity contribution >= 4 is 5.96 Å². The van der Waals surface area contributed by atoms with E-state index < -0.39 is 0 Å². The number of nitrogens with one attached hydrogen (secondary N) is 2. The molecule has 0 spiro atoms. The zero-order valence-electron chi connectivity index (χ0n) is 15.6. The van der Waals surface area contributed by atoms with Crippen LogP contribution in [0.1, 0.15) is 25.0 Å². The average molecular weight is 332 g/mol. The number of aryl methyl sites for hydroxylation is 1. The first-order chi connectivity index (χ1) is 11.5. The van der Waals surface area contributed by atoms with Crippen LogP contribution in [0.2, 0.25) is 0 Å². The van der Waals surface area contributed by atoms with Gasteiger partial charge in [0.15, 0.2) is 5.96 Å². The maximum atomic E-state index is 5.45. The Morgan fingerprint density at radius 2 is 2.00 bits per heavy atom. The van der Waals surface area contributed by atoms with Gasteiger partial charge in [-0.05, 0) is 32.8 Å². The minimum absolute atomic E-state index is 0.0813. The Labute approximate surface area is 146 Å². The molecule has 0 aliphatic carbocycles. The summed E-state index contributed by atoms with van der Waals surface area (Å²) in [6.45, 7) is 12.0. The van der Waals surface area contributed by atoms with Gasteiger partial charge in [-0.3, -0.25) is 9.89 Å². The molecule has 0 bridgehead atoms. The van der Waals surface area contributed by atoms with E-state index >= 15 is 0 Å². The molecule has 1 fully saturated rings. The molecule has 2 N–H and O–H groups in total. The highest BCUT2D eigenvalue weighted by Crippen LogP contribution is 2.14. The highest BCUT2D eigenvalue weighted by atomic mass is 16.5. The fourth-order valence-corrected chi connectivity index (χ4v) is 2.99. The summed E-state index contributed by atoms with van der Waals surface area (Å²) < 4.78 is 5.45. The molecule has 1 saturated heterocycles. The zero-order chi connectivity index (χ0) is 17.4. The zero-order valence-corrected chi connectivity index (χ0v) is 15.6. The van der Waals surface area contributed by atoms with Crippen molar-refractivity contribution in [1.29, 1.82) is 0 Å². The number of benzene rings is 1. The molecule has 1 aromatic rings. The van der Waals surface area contributed by atoms with Crippen molar-refractivity contribution in [3.05, 3.63) is 35.4 Å². The lowest BCUT2D eigenvalue weighted by Gasteiger charge is -2.41. The molecule has 0 amide bonds. The highest BCUT2D eigenvalue weighted by molar-refractivity contribution is 5.79. The molecule has 5 heteroatoms. The lowest BCUT2D eigenvalue weighted by Crippen LogP contribution is -2.56. The van der Waals surface area contributed by atoms with Gasteiger partial charge in [0, 0.05) is 38.8 Å². The van der Waals surface area contributed by atoms with Crippen molar-refractivity contribution in [2.75, 3.05) is 46.4 Å². The van der Waals surface area contributed by atoms with Crippen molar-refractivity contribution in [2.45, 2.75) is 32.7 Å². The van der Waals surface area contributed by atoms with Crippen molar-refractivity contribution < 1.29 is 4.74 Å². The Morgan fingerprint density at radius 1 is 1.25 bits per heavy atom. The van der Waals surface area contributed by atoms with Crippen LogP contribution in [0.4, 0.5) is 0 Å². The number of ether oxygens (including phenoxy) is 1. The second-order valence-corrected chi connectivity index (χ2v) is 7.00. The second-order valence-electron chi connectivity index (χ2n) is 7.00. The number of nitrogens with zero attached hydrogens (tertiary/aromatic N) is 2. The Kier molecular flexibility index (Phi) is 7.06. The van der Waals surface area contributed by atoms with Crippen molar-refractivity contribution in [2.24, 2.45) is 4.99 Å². The Hall–Kier alpha value is -1.59. The molecule has 2 rings (SSSR count). The topological polar surface area (TPSA) is 48.9 Å². The quantitative estimate of drug-likeness (QED) is 0.616. The van der Waals surface area contributed by atoms with E-state index in [1.807, 2.05) is 7.05 Å². The van der Waals surface area contributed by atoms with Crippen molar-refractivity contribution in [3.8, 4) is 0 Å². The minimum atomic E-state index is 0.0813. The van der Waals surface area contributed by atoms with Gasteiger partial charge < -0.3 is 15.4 Å². The third kappa shape index (κ3) is 5.80. The third-order valence-corrected chi connectivity index (χ3v) is 4.57. The molecule has 1 heterocycles. The third-order valence-electron chi connectivity index (χ3n) is 4.57. The molecule has 134 valence electrons. The number of hydrogen-bond acceptors (Lipinski definition) is 3. The standard InChI is InChI=1S/C19H32N4O/c1-16-6-5-7-17(14-16)8-9-21-18(20-4)22-15-19(2,3)23-10-12-24-13-11-23/h5-7,14H,8-13,15H2,1-4H3,(H2,20,21,22). The summed E-state index contributed by atoms with van der Waals surface area (Å²) in [5.74, 6) is 0.865. The Morgan fingerprint density at radius 3 is 2.67 bits per heavy atom. The highest BCUT2D eigenvalue weighted by Gasteiger charge is 2.28. The van der Waals surface area contributed by atoms with Gasteiger partial charge in [-0.1, -0.05) is 29.8 Å². The second kappa shape index (κ2) is 9.04. The van der Waals surface area contributed by atoms with E-state index in [-0.39, 0.29) is 5.54 Å². The summed E-state index contributed by atoms with van der Waals surface area (Å²) in [6, 6.07) is 8.65. The van der Waals surface area contributed by atoms with E-state index in [1.54, 1.807) is 0 Å². The maximum absolute atomic E-state index is 5.45. The van der Waals surface area contributed by atoms with Gasteiger partial charge in [0.2, 0.25) is 0 Å². The van der Waals surface area contributed by atoms with Gasteiger partial charge in [-0.25, -0.2) is 0 Å². The molecule has 24 heavy (non-hydrogen) atoms. The molecular weight excluding hydrogens is 300 g/mol. The summed E-state index contributed by atoms with van der Waals surface area (Å²) in [6.07, 6.45) is 0.995. The normalized spacial score (nSPS) is 16.9. The van der Waals surface area contributed by atoms with Crippen LogP contribution in [0, 0.1) is 6.92 Å². The summed E-state index contributed by atoms with van der Waals surface area (Å²) >= 11 is 0. The maximum Gasteiger partial charge on any atom is 0.191 e. The molecule has 0 radical (unpaired) electrons. The summed E-state index contributed by atoms with van der Waals surface area (Å²) in [5, 5.41) is 6.87. The fourth-order valence-electron chi connectivity index (χ4n) is 2.99. The first-order valence-electron chi connectivity index (χ1n) is 8.84. The van der Waals surface area contributed by atoms with Crippen molar-refractivity contribution in [1.82, 2.24) is 15.5 Å². The van der Waals surface area contributed by atoms with Gasteiger partial charge in [-0.2, -0.15) is 0 Å². The number of rotatable bonds is 6. The SMILES string of the molecule is CN=C(NCCc1cccc(C)c1)NCC(C)(C)N1CCOCC1. The van der Waals surface area contributed by atoms with E-state index in [0.717, 1.165) is 51.8 Å². The average Bonchev–Trinajstić information content (AvgIpc) is 2.59. The largest absolute Gasteiger partial charge is 0.379 e. The summed E-state index contributed by atoms with van der Waals surface area (Å²) in [5.41, 5.74) is 2.74. The van der Waals surface area contributed by atoms with Gasteiger partial charge in [0.1, 0.15) is 0 Å². The first kappa shape index (κ1) is 18.7. The molecule has 5 nitrogen and oxygen atoms in total. The van der Waals surface area contributed by atoms with Crippen molar-refractivity contribution in [3.63, 3.8) is 0 Å². The van der Waals surface area contributed by atoms with E-state index in [9.17, 15) is 0 Å².